The van der Waals surface area contributed by atoms with E-state index in [0.29, 0.717) is 18.8 Å². The molecule has 3 heterocycles. The molecule has 0 bridgehead atoms. The Labute approximate surface area is 175 Å². The highest BCUT2D eigenvalue weighted by atomic mass is 35.5. The maximum atomic E-state index is 12.9. The molecule has 0 atom stereocenters. The van der Waals surface area contributed by atoms with Crippen molar-refractivity contribution in [2.75, 3.05) is 26.2 Å². The monoisotopic (exact) mass is 412 g/mol. The molecule has 7 nitrogen and oxygen atoms in total. The van der Waals surface area contributed by atoms with Gasteiger partial charge in [0.2, 0.25) is 0 Å². The number of aryl methyl sites for hydroxylation is 2. The lowest BCUT2D eigenvalue weighted by Crippen LogP contribution is -2.48. The van der Waals surface area contributed by atoms with Crippen LogP contribution in [-0.4, -0.2) is 61.9 Å². The number of halogens is 1. The van der Waals surface area contributed by atoms with Gasteiger partial charge in [0.1, 0.15) is 5.69 Å². The number of aromatic amines is 1. The summed E-state index contributed by atoms with van der Waals surface area (Å²) in [4.78, 5) is 17.2. The second-order valence-corrected chi connectivity index (χ2v) is 7.97. The summed E-state index contributed by atoms with van der Waals surface area (Å²) in [7, 11) is 1.91. The quantitative estimate of drug-likeness (QED) is 0.715. The number of carbonyl (C=O) groups excluding carboxylic acids is 1. The molecule has 8 heteroatoms. The summed E-state index contributed by atoms with van der Waals surface area (Å²) in [5.74, 6) is -0.00893. The number of piperazine rings is 1. The van der Waals surface area contributed by atoms with Crippen LogP contribution in [0.15, 0.2) is 30.3 Å². The Morgan fingerprint density at radius 2 is 1.93 bits per heavy atom. The fraction of sp³-hybridized carbons (Fsp3) is 0.381. The molecule has 0 spiro atoms. The number of benzene rings is 1. The van der Waals surface area contributed by atoms with Crippen LogP contribution in [0, 0.1) is 13.8 Å². The fourth-order valence-corrected chi connectivity index (χ4v) is 4.09. The number of hydrogen-bond acceptors (Lipinski definition) is 4. The first-order valence-electron chi connectivity index (χ1n) is 9.74. The van der Waals surface area contributed by atoms with E-state index < -0.39 is 0 Å². The third kappa shape index (κ3) is 4.06. The molecular formula is C21H25ClN6O. The van der Waals surface area contributed by atoms with E-state index in [1.807, 2.05) is 54.7 Å². The molecule has 29 heavy (non-hydrogen) atoms. The summed E-state index contributed by atoms with van der Waals surface area (Å²) in [6.07, 6.45) is 0. The van der Waals surface area contributed by atoms with Crippen molar-refractivity contribution in [2.45, 2.75) is 20.4 Å². The number of nitrogens with zero attached hydrogens (tertiary/aromatic N) is 5. The molecule has 3 aromatic rings. The Kier molecular flexibility index (Phi) is 5.43. The lowest BCUT2D eigenvalue weighted by atomic mass is 10.1. The van der Waals surface area contributed by atoms with Crippen molar-refractivity contribution in [3.05, 3.63) is 58.0 Å². The van der Waals surface area contributed by atoms with Gasteiger partial charge in [0, 0.05) is 56.1 Å². The lowest BCUT2D eigenvalue weighted by Gasteiger charge is -2.34. The summed E-state index contributed by atoms with van der Waals surface area (Å²) in [5.41, 5.74) is 5.39. The summed E-state index contributed by atoms with van der Waals surface area (Å²) >= 11 is 6.08. The van der Waals surface area contributed by atoms with Crippen LogP contribution in [-0.2, 0) is 13.6 Å². The summed E-state index contributed by atoms with van der Waals surface area (Å²) < 4.78 is 1.83. The van der Waals surface area contributed by atoms with Gasteiger partial charge in [-0.05, 0) is 37.6 Å². The maximum absolute atomic E-state index is 12.9. The van der Waals surface area contributed by atoms with E-state index in [-0.39, 0.29) is 5.91 Å². The van der Waals surface area contributed by atoms with E-state index in [1.165, 1.54) is 5.56 Å². The summed E-state index contributed by atoms with van der Waals surface area (Å²) in [6.45, 7) is 7.86. The first-order valence-corrected chi connectivity index (χ1v) is 10.1. The zero-order valence-corrected chi connectivity index (χ0v) is 17.7. The van der Waals surface area contributed by atoms with Crippen LogP contribution < -0.4 is 0 Å². The smallest absolute Gasteiger partial charge is 0.271 e. The zero-order chi connectivity index (χ0) is 20.5. The number of aromatic nitrogens is 4. The topological polar surface area (TPSA) is 70.1 Å². The van der Waals surface area contributed by atoms with Gasteiger partial charge in [0.05, 0.1) is 11.4 Å². The van der Waals surface area contributed by atoms with Crippen LogP contribution in [0.25, 0.3) is 11.3 Å². The van der Waals surface area contributed by atoms with Crippen LogP contribution in [0.5, 0.6) is 0 Å². The fourth-order valence-electron chi connectivity index (χ4n) is 3.88. The van der Waals surface area contributed by atoms with Crippen molar-refractivity contribution in [1.82, 2.24) is 29.8 Å². The van der Waals surface area contributed by atoms with Crippen molar-refractivity contribution in [3.8, 4) is 11.3 Å². The summed E-state index contributed by atoms with van der Waals surface area (Å²) in [5, 5.41) is 12.5. The van der Waals surface area contributed by atoms with Crippen molar-refractivity contribution < 1.29 is 4.79 Å². The van der Waals surface area contributed by atoms with Gasteiger partial charge < -0.3 is 4.90 Å². The first kappa shape index (κ1) is 19.7. The highest BCUT2D eigenvalue weighted by Gasteiger charge is 2.24. The van der Waals surface area contributed by atoms with Gasteiger partial charge >= 0.3 is 0 Å². The molecule has 0 unspecified atom stereocenters. The predicted molar refractivity (Wildman–Crippen MR) is 113 cm³/mol. The van der Waals surface area contributed by atoms with Crippen molar-refractivity contribution in [3.63, 3.8) is 0 Å². The Balaban J connectivity index is 1.39. The standard InChI is InChI=1S/C21H25ClN6O/c1-14-20(15(2)26(3)25-14)18-12-19(24-23-18)21(29)28-9-7-27(8-10-28)13-16-5-4-6-17(22)11-16/h4-6,11-12H,7-10,13H2,1-3H3,(H,23,24). The van der Waals surface area contributed by atoms with Gasteiger partial charge in [-0.2, -0.15) is 10.2 Å². The van der Waals surface area contributed by atoms with Gasteiger partial charge in [0.25, 0.3) is 5.91 Å². The molecule has 1 saturated heterocycles. The Morgan fingerprint density at radius 3 is 2.59 bits per heavy atom. The Hall–Kier alpha value is -2.64. The van der Waals surface area contributed by atoms with Crippen molar-refractivity contribution in [1.29, 1.82) is 0 Å². The number of H-pyrrole nitrogens is 1. The van der Waals surface area contributed by atoms with Gasteiger partial charge in [-0.25, -0.2) is 0 Å². The molecule has 1 amide bonds. The lowest BCUT2D eigenvalue weighted by molar-refractivity contribution is 0.0622. The Morgan fingerprint density at radius 1 is 1.17 bits per heavy atom. The minimum absolute atomic E-state index is 0.00893. The van der Waals surface area contributed by atoms with E-state index in [9.17, 15) is 4.79 Å². The minimum atomic E-state index is -0.00893. The normalized spacial score (nSPS) is 15.1. The van der Waals surface area contributed by atoms with E-state index in [0.717, 1.165) is 47.3 Å². The molecule has 1 fully saturated rings. The van der Waals surface area contributed by atoms with Gasteiger partial charge in [-0.15, -0.1) is 0 Å². The SMILES string of the molecule is Cc1nn(C)c(C)c1-c1cc(C(=O)N2CCN(Cc3cccc(Cl)c3)CC2)[nH]n1. The first-order chi connectivity index (χ1) is 13.9. The molecule has 1 aromatic carbocycles. The summed E-state index contributed by atoms with van der Waals surface area (Å²) in [6, 6.07) is 9.76. The molecule has 0 aliphatic carbocycles. The van der Waals surface area contributed by atoms with E-state index >= 15 is 0 Å². The van der Waals surface area contributed by atoms with E-state index in [1.54, 1.807) is 0 Å². The van der Waals surface area contributed by atoms with Gasteiger partial charge in [-0.3, -0.25) is 19.5 Å². The molecule has 1 aliphatic heterocycles. The average Bonchev–Trinajstić information content (AvgIpc) is 3.26. The maximum Gasteiger partial charge on any atom is 0.271 e. The Bertz CT molecular complexity index is 1030. The van der Waals surface area contributed by atoms with Crippen LogP contribution >= 0.6 is 11.6 Å². The minimum Gasteiger partial charge on any atom is -0.335 e. The predicted octanol–water partition coefficient (Wildman–Crippen LogP) is 3.04. The number of amides is 1. The van der Waals surface area contributed by atoms with Crippen molar-refractivity contribution in [2.24, 2.45) is 7.05 Å². The van der Waals surface area contributed by atoms with Crippen LogP contribution in [0.2, 0.25) is 5.02 Å². The third-order valence-electron chi connectivity index (χ3n) is 5.53. The van der Waals surface area contributed by atoms with Gasteiger partial charge in [0.15, 0.2) is 0 Å². The van der Waals surface area contributed by atoms with E-state index in [2.05, 4.69) is 26.3 Å². The number of rotatable bonds is 4. The molecule has 0 radical (unpaired) electrons. The van der Waals surface area contributed by atoms with Crippen LogP contribution in [0.3, 0.4) is 0 Å². The van der Waals surface area contributed by atoms with E-state index in [4.69, 9.17) is 11.6 Å². The third-order valence-corrected chi connectivity index (χ3v) is 5.76. The molecule has 152 valence electrons. The molecule has 2 aromatic heterocycles. The highest BCUT2D eigenvalue weighted by Crippen LogP contribution is 2.25. The van der Waals surface area contributed by atoms with Gasteiger partial charge in [-0.1, -0.05) is 23.7 Å². The zero-order valence-electron chi connectivity index (χ0n) is 16.9. The highest BCUT2D eigenvalue weighted by molar-refractivity contribution is 6.30. The number of nitrogens with one attached hydrogen (secondary N) is 1. The number of hydrogen-bond donors (Lipinski definition) is 1. The molecular weight excluding hydrogens is 388 g/mol. The van der Waals surface area contributed by atoms with Crippen LogP contribution in [0.4, 0.5) is 0 Å². The molecule has 1 N–H and O–H groups in total. The molecule has 0 saturated carbocycles. The second kappa shape index (κ2) is 8.00. The molecule has 4 rings (SSSR count). The largest absolute Gasteiger partial charge is 0.335 e. The van der Waals surface area contributed by atoms with Crippen LogP contribution in [0.1, 0.15) is 27.4 Å². The average molecular weight is 413 g/mol. The number of carbonyl (C=O) groups is 1. The molecule has 1 aliphatic rings. The van der Waals surface area contributed by atoms with Crippen molar-refractivity contribution >= 4 is 17.5 Å². The second-order valence-electron chi connectivity index (χ2n) is 7.53.